The number of hydrogen-bond acceptors (Lipinski definition) is 5. The highest BCUT2D eigenvalue weighted by atomic mass is 79.9. The van der Waals surface area contributed by atoms with Crippen molar-refractivity contribution in [2.75, 3.05) is 6.61 Å². The van der Waals surface area contributed by atoms with E-state index in [-0.39, 0.29) is 23.0 Å². The molecule has 10 heteroatoms. The first-order valence-corrected chi connectivity index (χ1v) is 8.19. The van der Waals surface area contributed by atoms with E-state index in [0.717, 1.165) is 12.1 Å². The van der Waals surface area contributed by atoms with Gasteiger partial charge in [-0.3, -0.25) is 0 Å². The fourth-order valence-electron chi connectivity index (χ4n) is 2.22. The van der Waals surface area contributed by atoms with Gasteiger partial charge in [-0.1, -0.05) is 33.2 Å². The summed E-state index contributed by atoms with van der Waals surface area (Å²) in [6.07, 6.45) is -4.50. The van der Waals surface area contributed by atoms with E-state index in [9.17, 15) is 18.0 Å². The maximum Gasteiger partial charge on any atom is 0.416 e. The van der Waals surface area contributed by atoms with Crippen molar-refractivity contribution in [3.05, 3.63) is 52.5 Å². The molecular formula is C17H10BrF3N2O4. The molecule has 140 valence electrons. The zero-order valence-electron chi connectivity index (χ0n) is 13.3. The van der Waals surface area contributed by atoms with Gasteiger partial charge >= 0.3 is 12.1 Å². The zero-order chi connectivity index (χ0) is 19.6. The van der Waals surface area contributed by atoms with Crippen molar-refractivity contribution >= 4 is 21.9 Å². The van der Waals surface area contributed by atoms with Crippen LogP contribution >= 0.6 is 15.9 Å². The van der Waals surface area contributed by atoms with Gasteiger partial charge in [0.25, 0.3) is 5.89 Å². The molecule has 0 saturated carbocycles. The largest absolute Gasteiger partial charge is 0.481 e. The number of carbonyl (C=O) groups is 1. The van der Waals surface area contributed by atoms with Crippen LogP contribution in [0.1, 0.15) is 5.56 Å². The molecule has 3 rings (SSSR count). The minimum atomic E-state index is -4.50. The van der Waals surface area contributed by atoms with Crippen molar-refractivity contribution in [2.24, 2.45) is 0 Å². The highest BCUT2D eigenvalue weighted by molar-refractivity contribution is 9.10. The Morgan fingerprint density at radius 2 is 2.00 bits per heavy atom. The van der Waals surface area contributed by atoms with E-state index in [0.29, 0.717) is 10.0 Å². The number of alkyl halides is 3. The van der Waals surface area contributed by atoms with Crippen LogP contribution in [0.15, 0.2) is 51.5 Å². The molecule has 0 bridgehead atoms. The Morgan fingerprint density at radius 3 is 2.70 bits per heavy atom. The molecule has 0 spiro atoms. The van der Waals surface area contributed by atoms with Crippen LogP contribution in [0, 0.1) is 0 Å². The number of hydrogen-bond donors (Lipinski definition) is 1. The van der Waals surface area contributed by atoms with Crippen molar-refractivity contribution in [3.8, 4) is 28.6 Å². The molecule has 2 aromatic carbocycles. The van der Waals surface area contributed by atoms with Gasteiger partial charge in [0.15, 0.2) is 6.61 Å². The lowest BCUT2D eigenvalue weighted by Gasteiger charge is -2.07. The molecule has 0 aliphatic heterocycles. The van der Waals surface area contributed by atoms with Gasteiger partial charge in [-0.05, 0) is 30.3 Å². The number of halogens is 4. The summed E-state index contributed by atoms with van der Waals surface area (Å²) in [6, 6.07) is 9.23. The molecule has 6 nitrogen and oxygen atoms in total. The minimum absolute atomic E-state index is 0.0240. The Balaban J connectivity index is 1.97. The monoisotopic (exact) mass is 442 g/mol. The Kier molecular flexibility index (Phi) is 5.17. The third-order valence-corrected chi connectivity index (χ3v) is 3.89. The van der Waals surface area contributed by atoms with E-state index >= 15 is 0 Å². The Morgan fingerprint density at radius 1 is 1.22 bits per heavy atom. The second-order valence-corrected chi connectivity index (χ2v) is 6.24. The quantitative estimate of drug-likeness (QED) is 0.618. The van der Waals surface area contributed by atoms with Crippen LogP contribution in [-0.4, -0.2) is 27.8 Å². The first-order valence-electron chi connectivity index (χ1n) is 7.40. The maximum atomic E-state index is 12.9. The lowest BCUT2D eigenvalue weighted by molar-refractivity contribution is -0.139. The average Bonchev–Trinajstić information content (AvgIpc) is 3.10. The summed E-state index contributed by atoms with van der Waals surface area (Å²) in [5.74, 6) is -1.05. The lowest BCUT2D eigenvalue weighted by Crippen LogP contribution is -2.10. The topological polar surface area (TPSA) is 85.5 Å². The summed E-state index contributed by atoms with van der Waals surface area (Å²) in [5, 5.41) is 12.5. The van der Waals surface area contributed by atoms with Gasteiger partial charge in [0.1, 0.15) is 5.75 Å². The first kappa shape index (κ1) is 18.9. The first-order chi connectivity index (χ1) is 12.7. The molecule has 0 aliphatic rings. The van der Waals surface area contributed by atoms with Crippen LogP contribution in [-0.2, 0) is 11.0 Å². The van der Waals surface area contributed by atoms with Crippen molar-refractivity contribution < 1.29 is 32.3 Å². The van der Waals surface area contributed by atoms with Gasteiger partial charge in [0.05, 0.1) is 11.1 Å². The summed E-state index contributed by atoms with van der Waals surface area (Å²) < 4.78 is 49.6. The second kappa shape index (κ2) is 7.39. The van der Waals surface area contributed by atoms with Crippen LogP contribution in [0.2, 0.25) is 0 Å². The number of rotatable bonds is 5. The summed E-state index contributed by atoms with van der Waals surface area (Å²) in [6.45, 7) is -0.580. The lowest BCUT2D eigenvalue weighted by atomic mass is 10.1. The number of carboxylic acids is 1. The van der Waals surface area contributed by atoms with E-state index in [2.05, 4.69) is 26.1 Å². The van der Waals surface area contributed by atoms with E-state index in [1.807, 2.05) is 0 Å². The van der Waals surface area contributed by atoms with Crippen molar-refractivity contribution in [1.29, 1.82) is 0 Å². The Bertz CT molecular complexity index is 988. The van der Waals surface area contributed by atoms with Crippen LogP contribution < -0.4 is 4.74 Å². The average molecular weight is 443 g/mol. The molecule has 1 aromatic heterocycles. The Labute approximate surface area is 158 Å². The number of benzene rings is 2. The third kappa shape index (κ3) is 4.45. The standard InChI is InChI=1S/C17H10BrF3N2O4/c18-11-4-5-13(26-8-14(24)25)12(7-11)16-22-15(23-27-16)9-2-1-3-10(6-9)17(19,20)21/h1-7H,8H2,(H,24,25). The summed E-state index contributed by atoms with van der Waals surface area (Å²) >= 11 is 3.27. The molecule has 0 saturated heterocycles. The van der Waals surface area contributed by atoms with E-state index < -0.39 is 24.3 Å². The number of ether oxygens (including phenoxy) is 1. The smallest absolute Gasteiger partial charge is 0.416 e. The molecular weight excluding hydrogens is 433 g/mol. The third-order valence-electron chi connectivity index (χ3n) is 3.40. The van der Waals surface area contributed by atoms with Gasteiger partial charge < -0.3 is 14.4 Å². The predicted octanol–water partition coefficient (Wildman–Crippen LogP) is 4.65. The molecule has 0 aliphatic carbocycles. The van der Waals surface area contributed by atoms with Gasteiger partial charge in [-0.15, -0.1) is 0 Å². The summed E-state index contributed by atoms with van der Waals surface area (Å²) in [5.41, 5.74) is -0.404. The summed E-state index contributed by atoms with van der Waals surface area (Å²) in [4.78, 5) is 14.8. The molecule has 0 fully saturated rings. The molecule has 1 N–H and O–H groups in total. The fourth-order valence-corrected chi connectivity index (χ4v) is 2.58. The van der Waals surface area contributed by atoms with Gasteiger partial charge in [-0.2, -0.15) is 18.2 Å². The van der Waals surface area contributed by atoms with E-state index in [1.54, 1.807) is 12.1 Å². The van der Waals surface area contributed by atoms with Crippen LogP contribution in [0.5, 0.6) is 5.75 Å². The van der Waals surface area contributed by atoms with Gasteiger partial charge in [-0.25, -0.2) is 4.79 Å². The molecule has 0 radical (unpaired) electrons. The molecule has 0 atom stereocenters. The molecule has 1 heterocycles. The summed E-state index contributed by atoms with van der Waals surface area (Å²) in [7, 11) is 0. The number of carboxylic acid groups (broad SMARTS) is 1. The number of nitrogens with zero attached hydrogens (tertiary/aromatic N) is 2. The number of aliphatic carboxylic acids is 1. The fraction of sp³-hybridized carbons (Fsp3) is 0.118. The molecule has 3 aromatic rings. The maximum absolute atomic E-state index is 12.9. The van der Waals surface area contributed by atoms with E-state index in [1.165, 1.54) is 18.2 Å². The molecule has 27 heavy (non-hydrogen) atoms. The zero-order valence-corrected chi connectivity index (χ0v) is 14.9. The van der Waals surface area contributed by atoms with E-state index in [4.69, 9.17) is 14.4 Å². The van der Waals surface area contributed by atoms with Crippen molar-refractivity contribution in [1.82, 2.24) is 10.1 Å². The van der Waals surface area contributed by atoms with Crippen molar-refractivity contribution in [2.45, 2.75) is 6.18 Å². The second-order valence-electron chi connectivity index (χ2n) is 5.32. The van der Waals surface area contributed by atoms with Gasteiger partial charge in [0, 0.05) is 10.0 Å². The normalized spacial score (nSPS) is 11.4. The van der Waals surface area contributed by atoms with Crippen molar-refractivity contribution in [3.63, 3.8) is 0 Å². The van der Waals surface area contributed by atoms with Crippen LogP contribution in [0.3, 0.4) is 0 Å². The minimum Gasteiger partial charge on any atom is -0.481 e. The van der Waals surface area contributed by atoms with Crippen LogP contribution in [0.25, 0.3) is 22.8 Å². The predicted molar refractivity (Wildman–Crippen MR) is 91.0 cm³/mol. The number of aromatic nitrogens is 2. The Hall–Kier alpha value is -2.88. The SMILES string of the molecule is O=C(O)COc1ccc(Br)cc1-c1nc(-c2cccc(C(F)(F)F)c2)no1. The van der Waals surface area contributed by atoms with Gasteiger partial charge in [0.2, 0.25) is 5.82 Å². The molecule has 0 amide bonds. The highest BCUT2D eigenvalue weighted by Gasteiger charge is 2.30. The van der Waals surface area contributed by atoms with Crippen LogP contribution in [0.4, 0.5) is 13.2 Å². The molecule has 0 unspecified atom stereocenters. The highest BCUT2D eigenvalue weighted by Crippen LogP contribution is 2.34.